The van der Waals surface area contributed by atoms with Crippen molar-refractivity contribution in [3.63, 3.8) is 0 Å². The van der Waals surface area contributed by atoms with E-state index < -0.39 is 29.8 Å². The van der Waals surface area contributed by atoms with Gasteiger partial charge in [0, 0.05) is 202 Å². The molecule has 0 aromatic heterocycles. The van der Waals surface area contributed by atoms with E-state index in [0.717, 1.165) is 120 Å². The van der Waals surface area contributed by atoms with Crippen molar-refractivity contribution >= 4 is 54.7 Å². The van der Waals surface area contributed by atoms with E-state index in [1.54, 1.807) is 93.0 Å². The van der Waals surface area contributed by atoms with Crippen LogP contribution in [0.3, 0.4) is 0 Å². The normalized spacial score (nSPS) is 17.5. The maximum absolute atomic E-state index is 11.5. The Kier molecular flexibility index (Phi) is 45.6. The Labute approximate surface area is 667 Å². The minimum atomic E-state index is -1.02. The number of carbonyl (C=O) groups is 5. The SMILES string of the molecule is C.CC(C)C1CN(CC(=O)O)CCN(CC(=O)O)CCN(CC(=O)O)CCN1CC(=O)O.CC(C)c1ccc(C2N(CCN=Cc3ccccc3O)CCN2CCN=Cc2ccccc2O)c(O)c1.CCN1CCN(CC(=O)O)CCN(C(C)C)CC1.Oc1ccccc1C=NCCNCCNCCN=Cc1ccccc1O. The average Bonchev–Trinajstić information content (AvgIpc) is 1.68. The molecule has 0 radical (unpaired) electrons. The number of likely N-dealkylation sites (N-methyl/N-ethyl adjacent to an activating group) is 1. The van der Waals surface area contributed by atoms with E-state index in [2.05, 4.69) is 90.9 Å². The van der Waals surface area contributed by atoms with Gasteiger partial charge in [0.2, 0.25) is 0 Å². The van der Waals surface area contributed by atoms with E-state index in [-0.39, 0.29) is 81.3 Å². The standard InChI is InChI=1S/C30H36N4O3.C20H26N4O2.C19H34N4O8.C13H27N3O2.CH4/c1-22(2)23-11-12-26(29(37)19-23)30-33(15-13-31-20-24-7-3-5-9-27(24)35)17-18-34(30)16-14-32-21-25-8-4-6-10-28(25)36;25-19-7-3-1-5-17(19)15-23-13-11-21-9-10-22-12-14-24-16-18-6-2-4-8-20(18)26;1-14(2)15-9-22(12-18(28)29)6-5-20(10-16(24)25)3-4-21(11-17(26)27)7-8-23(15)13-19(30)31;1-4-14-5-6-15(11-13(17)18)8-10-16(9-7-14)12(2)3;/h3-12,19-22,30,35-37H,13-18H2,1-2H3;1-8,15-16,21-22,25-26H,9-14H2;14-15H,3-13H2,1-2H3,(H,24,25)(H,26,27)(H,28,29)(H,30,31);12H,4-11H2,1-3H3,(H,17,18);1H4. The van der Waals surface area contributed by atoms with E-state index in [9.17, 15) is 69.9 Å². The van der Waals surface area contributed by atoms with E-state index in [1.165, 1.54) is 0 Å². The molecule has 3 aliphatic rings. The van der Waals surface area contributed by atoms with Crippen LogP contribution in [0.1, 0.15) is 101 Å². The molecule has 3 aliphatic heterocycles. The molecule has 0 spiro atoms. The predicted octanol–water partition coefficient (Wildman–Crippen LogP) is 6.22. The van der Waals surface area contributed by atoms with Crippen LogP contribution in [0.4, 0.5) is 0 Å². The highest BCUT2D eigenvalue weighted by Crippen LogP contribution is 2.37. The molecule has 8 rings (SSSR count). The largest absolute Gasteiger partial charge is 0.508 e. The van der Waals surface area contributed by atoms with E-state index in [4.69, 9.17) is 5.11 Å². The van der Waals surface area contributed by atoms with Crippen molar-refractivity contribution in [2.45, 2.75) is 80.1 Å². The molecular weight excluding hydrogens is 1450 g/mol. The molecule has 5 aromatic carbocycles. The fourth-order valence-corrected chi connectivity index (χ4v) is 12.9. The first-order valence-corrected chi connectivity index (χ1v) is 38.7. The summed E-state index contributed by atoms with van der Waals surface area (Å²) >= 11 is 0. The van der Waals surface area contributed by atoms with Crippen LogP contribution in [0.5, 0.6) is 28.7 Å². The zero-order valence-corrected chi connectivity index (χ0v) is 66.4. The summed E-state index contributed by atoms with van der Waals surface area (Å²) in [6, 6.07) is 34.9. The number of hydrogen-bond acceptors (Lipinski definition) is 25. The summed E-state index contributed by atoms with van der Waals surface area (Å²) in [6.07, 6.45) is 6.72. The molecule has 0 bridgehead atoms. The van der Waals surface area contributed by atoms with Crippen LogP contribution in [0.25, 0.3) is 0 Å². The lowest BCUT2D eigenvalue weighted by molar-refractivity contribution is -0.142. The average molecular weight is 1580 g/mol. The number of carboxylic acids is 5. The van der Waals surface area contributed by atoms with Gasteiger partial charge in [-0.05, 0) is 92.4 Å². The lowest BCUT2D eigenvalue weighted by Crippen LogP contribution is -2.54. The van der Waals surface area contributed by atoms with Crippen LogP contribution in [0.2, 0.25) is 0 Å². The van der Waals surface area contributed by atoms with Gasteiger partial charge in [0.25, 0.3) is 0 Å². The van der Waals surface area contributed by atoms with E-state index in [1.807, 2.05) is 79.4 Å². The molecule has 113 heavy (non-hydrogen) atoms. The van der Waals surface area contributed by atoms with Crippen molar-refractivity contribution in [2.75, 3.05) is 203 Å². The first kappa shape index (κ1) is 96.1. The lowest BCUT2D eigenvalue weighted by atomic mass is 9.99. The van der Waals surface area contributed by atoms with E-state index in [0.29, 0.717) is 101 Å². The Hall–Kier alpha value is -9.31. The Morgan fingerprint density at radius 1 is 0.407 bits per heavy atom. The third kappa shape index (κ3) is 37.9. The molecule has 30 nitrogen and oxygen atoms in total. The van der Waals surface area contributed by atoms with E-state index >= 15 is 0 Å². The van der Waals surface area contributed by atoms with Crippen LogP contribution in [-0.4, -0.2) is 365 Å². The Morgan fingerprint density at radius 2 is 0.743 bits per heavy atom. The minimum absolute atomic E-state index is 0. The van der Waals surface area contributed by atoms with Crippen molar-refractivity contribution in [3.8, 4) is 28.7 Å². The number of hydrogen-bond donors (Lipinski definition) is 12. The monoisotopic (exact) mass is 1570 g/mol. The molecule has 3 heterocycles. The fourth-order valence-electron chi connectivity index (χ4n) is 12.9. The number of nitrogens with zero attached hydrogens (tertiary/aromatic N) is 13. The number of aliphatic carboxylic acids is 5. The van der Waals surface area contributed by atoms with Gasteiger partial charge in [-0.1, -0.05) is 103 Å². The van der Waals surface area contributed by atoms with Crippen molar-refractivity contribution < 1.29 is 75.0 Å². The molecule has 5 aromatic rings. The second-order valence-corrected chi connectivity index (χ2v) is 28.7. The molecule has 0 amide bonds. The van der Waals surface area contributed by atoms with Crippen LogP contribution in [-0.2, 0) is 24.0 Å². The molecule has 1 atom stereocenters. The Balaban J connectivity index is 0.000000326. The number of phenolic OH excluding ortho intramolecular Hbond substituents is 5. The van der Waals surface area contributed by atoms with Crippen molar-refractivity contribution in [3.05, 3.63) is 149 Å². The van der Waals surface area contributed by atoms with Gasteiger partial charge in [-0.2, -0.15) is 0 Å². The number of phenols is 5. The van der Waals surface area contributed by atoms with Crippen LogP contribution in [0.15, 0.2) is 135 Å². The smallest absolute Gasteiger partial charge is 0.317 e. The molecule has 3 saturated heterocycles. The maximum Gasteiger partial charge on any atom is 0.317 e. The molecule has 30 heteroatoms. The molecule has 0 aliphatic carbocycles. The second kappa shape index (κ2) is 53.6. The summed E-state index contributed by atoms with van der Waals surface area (Å²) in [5.41, 5.74) is 4.86. The van der Waals surface area contributed by atoms with Crippen LogP contribution < -0.4 is 10.6 Å². The first-order chi connectivity index (χ1) is 53.7. The highest BCUT2D eigenvalue weighted by Gasteiger charge is 2.35. The summed E-state index contributed by atoms with van der Waals surface area (Å²) in [5.74, 6) is -3.20. The third-order valence-corrected chi connectivity index (χ3v) is 19.3. The first-order valence-electron chi connectivity index (χ1n) is 38.7. The summed E-state index contributed by atoms with van der Waals surface area (Å²) in [7, 11) is 0. The van der Waals surface area contributed by atoms with Gasteiger partial charge in [0.15, 0.2) is 0 Å². The highest BCUT2D eigenvalue weighted by atomic mass is 16.4. The minimum Gasteiger partial charge on any atom is -0.508 e. The predicted molar refractivity (Wildman–Crippen MR) is 446 cm³/mol. The number of aliphatic imine (C=N–C) groups is 4. The number of benzene rings is 5. The van der Waals surface area contributed by atoms with Crippen molar-refractivity contribution in [1.29, 1.82) is 0 Å². The van der Waals surface area contributed by atoms with Gasteiger partial charge >= 0.3 is 29.8 Å². The van der Waals surface area contributed by atoms with Crippen LogP contribution in [0, 0.1) is 5.92 Å². The summed E-state index contributed by atoms with van der Waals surface area (Å²) in [5, 5.41) is 103. The Bertz CT molecular complexity index is 3610. The molecule has 12 N–H and O–H groups in total. The Morgan fingerprint density at radius 3 is 1.10 bits per heavy atom. The molecule has 624 valence electrons. The summed E-state index contributed by atoms with van der Waals surface area (Å²) in [6.45, 7) is 31.7. The van der Waals surface area contributed by atoms with Gasteiger partial charge in [-0.15, -0.1) is 0 Å². The number of carboxylic acid groups (broad SMARTS) is 5. The van der Waals surface area contributed by atoms with Crippen molar-refractivity contribution in [2.24, 2.45) is 25.9 Å². The maximum atomic E-state index is 11.5. The molecular formula is C83H127N15O15. The number of aromatic hydroxyl groups is 5. The molecule has 3 fully saturated rings. The highest BCUT2D eigenvalue weighted by molar-refractivity contribution is 5.85. The lowest BCUT2D eigenvalue weighted by Gasteiger charge is -2.39. The quantitative estimate of drug-likeness (QED) is 0.0160. The van der Waals surface area contributed by atoms with Gasteiger partial charge in [-0.25, -0.2) is 0 Å². The number of nitrogens with one attached hydrogen (secondary N) is 2. The molecule has 1 unspecified atom stereocenters. The van der Waals surface area contributed by atoms with Crippen LogP contribution >= 0.6 is 0 Å². The second-order valence-electron chi connectivity index (χ2n) is 28.7. The van der Waals surface area contributed by atoms with Crippen molar-refractivity contribution in [1.82, 2.24) is 54.7 Å². The topological polar surface area (TPSA) is 390 Å². The van der Waals surface area contributed by atoms with Gasteiger partial charge in [0.05, 0.1) is 65.1 Å². The molecule has 0 saturated carbocycles. The summed E-state index contributed by atoms with van der Waals surface area (Å²) in [4.78, 5) is 92.1. The van der Waals surface area contributed by atoms with Gasteiger partial charge < -0.3 is 66.6 Å². The summed E-state index contributed by atoms with van der Waals surface area (Å²) < 4.78 is 0. The fraction of sp³-hybridized carbons (Fsp3) is 0.530. The third-order valence-electron chi connectivity index (χ3n) is 19.3. The number of para-hydroxylation sites is 4. The zero-order valence-electron chi connectivity index (χ0n) is 66.4. The van der Waals surface area contributed by atoms with Gasteiger partial charge in [-0.3, -0.25) is 83.1 Å². The number of rotatable bonds is 34. The van der Waals surface area contributed by atoms with Gasteiger partial charge in [0.1, 0.15) is 28.7 Å². The zero-order chi connectivity index (χ0) is 81.7.